The Morgan fingerprint density at radius 3 is 2.35 bits per heavy atom. The standard InChI is InChI=1S/C30H36N4O3/c1-23(2)22-37-27-14-10-24(11-15-27)20-31-32-30(35)26-12-8-25(9-13-26)21-33-16-18-34(19-17-33)28-6-4-5-7-29(28)36-3/h4-15,20,23H,16-19,21-22H2,1-3H3,(H,32,35)/b31-20-. The Hall–Kier alpha value is -3.84. The number of hydrogen-bond acceptors (Lipinski definition) is 6. The highest BCUT2D eigenvalue weighted by Gasteiger charge is 2.19. The topological polar surface area (TPSA) is 66.4 Å². The molecule has 1 fully saturated rings. The van der Waals surface area contributed by atoms with Crippen LogP contribution in [0.5, 0.6) is 11.5 Å². The van der Waals surface area contributed by atoms with Crippen LogP contribution in [-0.4, -0.2) is 56.9 Å². The van der Waals surface area contributed by atoms with Crippen molar-refractivity contribution in [3.8, 4) is 11.5 Å². The van der Waals surface area contributed by atoms with Gasteiger partial charge in [-0.25, -0.2) is 5.43 Å². The van der Waals surface area contributed by atoms with Crippen LogP contribution in [0, 0.1) is 5.92 Å². The molecule has 0 aliphatic carbocycles. The first-order chi connectivity index (χ1) is 18.0. The largest absolute Gasteiger partial charge is 0.495 e. The summed E-state index contributed by atoms with van der Waals surface area (Å²) >= 11 is 0. The molecule has 194 valence electrons. The number of carbonyl (C=O) groups is 1. The molecule has 1 N–H and O–H groups in total. The van der Waals surface area contributed by atoms with E-state index in [0.717, 1.165) is 55.5 Å². The van der Waals surface area contributed by atoms with Gasteiger partial charge in [0.25, 0.3) is 5.91 Å². The summed E-state index contributed by atoms with van der Waals surface area (Å²) in [6.45, 7) is 9.62. The first-order valence-electron chi connectivity index (χ1n) is 12.8. The fourth-order valence-corrected chi connectivity index (χ4v) is 4.20. The molecule has 37 heavy (non-hydrogen) atoms. The lowest BCUT2D eigenvalue weighted by atomic mass is 10.1. The molecule has 0 unspecified atom stereocenters. The van der Waals surface area contributed by atoms with Crippen LogP contribution in [0.2, 0.25) is 0 Å². The number of hydrazone groups is 1. The van der Waals surface area contributed by atoms with Gasteiger partial charge in [-0.05, 0) is 65.6 Å². The van der Waals surface area contributed by atoms with Gasteiger partial charge < -0.3 is 14.4 Å². The van der Waals surface area contributed by atoms with E-state index in [9.17, 15) is 4.79 Å². The van der Waals surface area contributed by atoms with E-state index in [1.807, 2.05) is 60.7 Å². The zero-order valence-corrected chi connectivity index (χ0v) is 21.9. The summed E-state index contributed by atoms with van der Waals surface area (Å²) in [6, 6.07) is 23.5. The maximum Gasteiger partial charge on any atom is 0.271 e. The third-order valence-corrected chi connectivity index (χ3v) is 6.26. The van der Waals surface area contributed by atoms with Crippen LogP contribution < -0.4 is 19.8 Å². The molecule has 0 spiro atoms. The number of carbonyl (C=O) groups excluding carboxylic acids is 1. The number of nitrogens with one attached hydrogen (secondary N) is 1. The zero-order chi connectivity index (χ0) is 26.0. The van der Waals surface area contributed by atoms with Gasteiger partial charge in [-0.15, -0.1) is 0 Å². The number of amides is 1. The van der Waals surface area contributed by atoms with Gasteiger partial charge in [0.15, 0.2) is 0 Å². The zero-order valence-electron chi connectivity index (χ0n) is 21.9. The van der Waals surface area contributed by atoms with Gasteiger partial charge in [-0.1, -0.05) is 38.1 Å². The number of anilines is 1. The molecule has 1 saturated heterocycles. The molecule has 4 rings (SSSR count). The SMILES string of the molecule is COc1ccccc1N1CCN(Cc2ccc(C(=O)N/N=C\c3ccc(OCC(C)C)cc3)cc2)CC1. The summed E-state index contributed by atoms with van der Waals surface area (Å²) < 4.78 is 11.2. The summed E-state index contributed by atoms with van der Waals surface area (Å²) in [6.07, 6.45) is 1.63. The van der Waals surface area contributed by atoms with Crippen molar-refractivity contribution in [3.05, 3.63) is 89.5 Å². The molecule has 0 aromatic heterocycles. The Kier molecular flexibility index (Phi) is 9.16. The van der Waals surface area contributed by atoms with Crippen molar-refractivity contribution in [1.29, 1.82) is 0 Å². The summed E-state index contributed by atoms with van der Waals surface area (Å²) in [5.74, 6) is 1.99. The average Bonchev–Trinajstić information content (AvgIpc) is 2.93. The van der Waals surface area contributed by atoms with Crippen LogP contribution in [0.25, 0.3) is 0 Å². The summed E-state index contributed by atoms with van der Waals surface area (Å²) in [7, 11) is 1.72. The maximum atomic E-state index is 12.5. The number of rotatable bonds is 10. The Labute approximate surface area is 219 Å². The van der Waals surface area contributed by atoms with Crippen molar-refractivity contribution < 1.29 is 14.3 Å². The molecular weight excluding hydrogens is 464 g/mol. The highest BCUT2D eigenvalue weighted by molar-refractivity contribution is 5.94. The smallest absolute Gasteiger partial charge is 0.271 e. The van der Waals surface area contributed by atoms with Crippen molar-refractivity contribution >= 4 is 17.8 Å². The van der Waals surface area contributed by atoms with E-state index >= 15 is 0 Å². The number of benzene rings is 3. The number of nitrogens with zero attached hydrogens (tertiary/aromatic N) is 3. The highest BCUT2D eigenvalue weighted by Crippen LogP contribution is 2.28. The van der Waals surface area contributed by atoms with E-state index in [4.69, 9.17) is 9.47 Å². The second-order valence-electron chi connectivity index (χ2n) is 9.60. The van der Waals surface area contributed by atoms with E-state index < -0.39 is 0 Å². The molecule has 3 aromatic carbocycles. The van der Waals surface area contributed by atoms with Crippen molar-refractivity contribution in [1.82, 2.24) is 10.3 Å². The number of hydrogen-bond donors (Lipinski definition) is 1. The van der Waals surface area contributed by atoms with Gasteiger partial charge in [-0.2, -0.15) is 5.10 Å². The van der Waals surface area contributed by atoms with Crippen LogP contribution >= 0.6 is 0 Å². The van der Waals surface area contributed by atoms with Crippen molar-refractivity contribution in [2.24, 2.45) is 11.0 Å². The van der Waals surface area contributed by atoms with E-state index in [0.29, 0.717) is 18.1 Å². The van der Waals surface area contributed by atoms with Crippen LogP contribution in [0.4, 0.5) is 5.69 Å². The molecular formula is C30H36N4O3. The number of methoxy groups -OCH3 is 1. The second-order valence-corrected chi connectivity index (χ2v) is 9.60. The molecule has 0 atom stereocenters. The Bertz CT molecular complexity index is 1170. The maximum absolute atomic E-state index is 12.5. The predicted molar refractivity (Wildman–Crippen MR) is 149 cm³/mol. The van der Waals surface area contributed by atoms with Crippen molar-refractivity contribution in [2.45, 2.75) is 20.4 Å². The normalized spacial score (nSPS) is 14.2. The fraction of sp³-hybridized carbons (Fsp3) is 0.333. The van der Waals surface area contributed by atoms with Gasteiger partial charge in [0.05, 0.1) is 25.6 Å². The van der Waals surface area contributed by atoms with E-state index in [2.05, 4.69) is 46.3 Å². The summed E-state index contributed by atoms with van der Waals surface area (Å²) in [4.78, 5) is 17.3. The highest BCUT2D eigenvalue weighted by atomic mass is 16.5. The third kappa shape index (κ3) is 7.57. The van der Waals surface area contributed by atoms with Gasteiger partial charge in [0, 0.05) is 38.3 Å². The van der Waals surface area contributed by atoms with Crippen molar-refractivity contribution in [3.63, 3.8) is 0 Å². The quantitative estimate of drug-likeness (QED) is 0.320. The summed E-state index contributed by atoms with van der Waals surface area (Å²) in [5, 5.41) is 4.10. The van der Waals surface area contributed by atoms with Gasteiger partial charge >= 0.3 is 0 Å². The fourth-order valence-electron chi connectivity index (χ4n) is 4.20. The molecule has 7 nitrogen and oxygen atoms in total. The first-order valence-corrected chi connectivity index (χ1v) is 12.8. The van der Waals surface area contributed by atoms with Crippen molar-refractivity contribution in [2.75, 3.05) is 44.8 Å². The predicted octanol–water partition coefficient (Wildman–Crippen LogP) is 4.82. The Morgan fingerprint density at radius 2 is 1.68 bits per heavy atom. The minimum Gasteiger partial charge on any atom is -0.495 e. The van der Waals surface area contributed by atoms with Gasteiger partial charge in [0.2, 0.25) is 0 Å². The van der Waals surface area contributed by atoms with E-state index in [1.54, 1.807) is 13.3 Å². The summed E-state index contributed by atoms with van der Waals surface area (Å²) in [5.41, 5.74) is 6.41. The lowest BCUT2D eigenvalue weighted by Gasteiger charge is -2.36. The van der Waals surface area contributed by atoms with E-state index in [-0.39, 0.29) is 5.91 Å². The Morgan fingerprint density at radius 1 is 0.973 bits per heavy atom. The molecule has 7 heteroatoms. The minimum absolute atomic E-state index is 0.231. The molecule has 0 radical (unpaired) electrons. The molecule has 1 aliphatic heterocycles. The lowest BCUT2D eigenvalue weighted by molar-refractivity contribution is 0.0955. The van der Waals surface area contributed by atoms with Crippen LogP contribution in [-0.2, 0) is 6.54 Å². The second kappa shape index (κ2) is 12.9. The molecule has 1 heterocycles. The number of ether oxygens (including phenoxy) is 2. The van der Waals surface area contributed by atoms with Crippen LogP contribution in [0.15, 0.2) is 77.9 Å². The van der Waals surface area contributed by atoms with Gasteiger partial charge in [-0.3, -0.25) is 9.69 Å². The number of para-hydroxylation sites is 2. The van der Waals surface area contributed by atoms with Crippen LogP contribution in [0.3, 0.4) is 0 Å². The Balaban J connectivity index is 1.23. The third-order valence-electron chi connectivity index (χ3n) is 6.26. The first kappa shape index (κ1) is 26.2. The molecule has 3 aromatic rings. The minimum atomic E-state index is -0.231. The molecule has 1 aliphatic rings. The number of piperazine rings is 1. The lowest BCUT2D eigenvalue weighted by Crippen LogP contribution is -2.46. The average molecular weight is 501 g/mol. The molecule has 1 amide bonds. The van der Waals surface area contributed by atoms with Crippen LogP contribution in [0.1, 0.15) is 35.3 Å². The van der Waals surface area contributed by atoms with E-state index in [1.165, 1.54) is 5.56 Å². The van der Waals surface area contributed by atoms with Gasteiger partial charge in [0.1, 0.15) is 11.5 Å². The molecule has 0 saturated carbocycles. The monoisotopic (exact) mass is 500 g/mol. The molecule has 0 bridgehead atoms.